The van der Waals surface area contributed by atoms with Crippen LogP contribution >= 0.6 is 11.3 Å². The van der Waals surface area contributed by atoms with Gasteiger partial charge < -0.3 is 14.3 Å². The molecule has 0 spiro atoms. The van der Waals surface area contributed by atoms with Crippen LogP contribution in [0.15, 0.2) is 196 Å². The van der Waals surface area contributed by atoms with Crippen LogP contribution in [0.3, 0.4) is 0 Å². The van der Waals surface area contributed by atoms with Crippen molar-refractivity contribution in [2.24, 2.45) is 9.98 Å². The molecule has 268 valence electrons. The van der Waals surface area contributed by atoms with E-state index in [0.717, 1.165) is 50.0 Å². The summed E-state index contributed by atoms with van der Waals surface area (Å²) >= 11 is 1.86. The highest BCUT2D eigenvalue weighted by Crippen LogP contribution is 2.43. The van der Waals surface area contributed by atoms with Crippen LogP contribution in [0.1, 0.15) is 22.9 Å². The summed E-state index contributed by atoms with van der Waals surface area (Å²) in [7, 11) is 0. The molecule has 5 nitrogen and oxygen atoms in total. The molecule has 12 rings (SSSR count). The average Bonchev–Trinajstić information content (AvgIpc) is 3.96. The maximum absolute atomic E-state index is 6.66. The number of aliphatic imine (C=N–C) groups is 2. The van der Waals surface area contributed by atoms with Crippen LogP contribution < -0.4 is 5.32 Å². The smallest absolute Gasteiger partial charge is 0.163 e. The van der Waals surface area contributed by atoms with E-state index in [1.54, 1.807) is 0 Å². The highest BCUT2D eigenvalue weighted by molar-refractivity contribution is 7.26. The van der Waals surface area contributed by atoms with Gasteiger partial charge in [-0.1, -0.05) is 140 Å². The zero-order valence-corrected chi connectivity index (χ0v) is 31.4. The molecule has 1 aliphatic rings. The molecular formula is C51H32N4OS. The standard InChI is InChI=1S/C51H32N4OS/c1-3-13-31(14-4-1)49-52-50(32-15-5-2-6-16-32)54-51(53-49)40-21-11-19-38-41-29-33(26-28-45(41)56-47(38)40)34-25-27-37-39-20-12-24-44(48(39)57-46(37)30-34)55-42-22-9-7-17-35(42)36-18-8-10-23-43(36)55/h1-30,49H,(H,52,53,54). The zero-order chi connectivity index (χ0) is 37.5. The Hall–Kier alpha value is -7.28. The van der Waals surface area contributed by atoms with Crippen molar-refractivity contribution in [3.63, 3.8) is 0 Å². The molecule has 57 heavy (non-hydrogen) atoms. The topological polar surface area (TPSA) is 54.8 Å². The molecular weight excluding hydrogens is 717 g/mol. The maximum Gasteiger partial charge on any atom is 0.163 e. The molecule has 0 bridgehead atoms. The third-order valence-corrected chi connectivity index (χ3v) is 12.5. The molecule has 3 aromatic heterocycles. The first-order chi connectivity index (χ1) is 28.2. The van der Waals surface area contributed by atoms with E-state index in [4.69, 9.17) is 14.4 Å². The molecule has 1 atom stereocenters. The van der Waals surface area contributed by atoms with Crippen molar-refractivity contribution in [1.82, 2.24) is 9.88 Å². The fraction of sp³-hybridized carbons (Fsp3) is 0.0196. The predicted octanol–water partition coefficient (Wildman–Crippen LogP) is 13.2. The molecule has 1 N–H and O–H groups in total. The van der Waals surface area contributed by atoms with E-state index in [2.05, 4.69) is 155 Å². The summed E-state index contributed by atoms with van der Waals surface area (Å²) in [6.07, 6.45) is -0.290. The van der Waals surface area contributed by atoms with Gasteiger partial charge in [-0.2, -0.15) is 0 Å². The van der Waals surface area contributed by atoms with E-state index in [-0.39, 0.29) is 6.17 Å². The third kappa shape index (κ3) is 5.08. The second-order valence-corrected chi connectivity index (χ2v) is 15.6. The molecule has 0 radical (unpaired) electrons. The number of hydrogen-bond acceptors (Lipinski definition) is 5. The summed E-state index contributed by atoms with van der Waals surface area (Å²) in [4.78, 5) is 10.2. The van der Waals surface area contributed by atoms with Crippen LogP contribution in [0.5, 0.6) is 0 Å². The van der Waals surface area contributed by atoms with Gasteiger partial charge in [-0.25, -0.2) is 9.98 Å². The largest absolute Gasteiger partial charge is 0.455 e. The predicted molar refractivity (Wildman–Crippen MR) is 238 cm³/mol. The van der Waals surface area contributed by atoms with E-state index < -0.39 is 0 Å². The third-order valence-electron chi connectivity index (χ3n) is 11.3. The van der Waals surface area contributed by atoms with E-state index in [0.29, 0.717) is 5.84 Å². The minimum absolute atomic E-state index is 0.290. The van der Waals surface area contributed by atoms with Gasteiger partial charge in [-0.3, -0.25) is 0 Å². The van der Waals surface area contributed by atoms with Gasteiger partial charge in [-0.15, -0.1) is 11.3 Å². The molecule has 0 saturated heterocycles. The second-order valence-electron chi connectivity index (χ2n) is 14.6. The normalized spacial score (nSPS) is 14.5. The van der Waals surface area contributed by atoms with Crippen LogP contribution in [-0.4, -0.2) is 16.2 Å². The zero-order valence-electron chi connectivity index (χ0n) is 30.6. The lowest BCUT2D eigenvalue weighted by molar-refractivity contribution is 0.663. The highest BCUT2D eigenvalue weighted by Gasteiger charge is 2.24. The van der Waals surface area contributed by atoms with Crippen molar-refractivity contribution in [2.45, 2.75) is 6.17 Å². The van der Waals surface area contributed by atoms with Crippen molar-refractivity contribution in [1.29, 1.82) is 0 Å². The molecule has 1 unspecified atom stereocenters. The number of nitrogens with zero attached hydrogens (tertiary/aromatic N) is 3. The Balaban J connectivity index is 0.970. The minimum atomic E-state index is -0.290. The van der Waals surface area contributed by atoms with Gasteiger partial charge in [0.05, 0.1) is 27.0 Å². The van der Waals surface area contributed by atoms with E-state index in [1.807, 2.05) is 47.7 Å². The van der Waals surface area contributed by atoms with Gasteiger partial charge in [0.2, 0.25) is 0 Å². The molecule has 4 heterocycles. The van der Waals surface area contributed by atoms with Crippen LogP contribution in [0, 0.1) is 0 Å². The van der Waals surface area contributed by atoms with Crippen molar-refractivity contribution in [2.75, 3.05) is 0 Å². The maximum atomic E-state index is 6.66. The SMILES string of the molecule is c1ccc(C2=NC(c3cccc4c3oc3ccc(-c5ccc6c(c5)sc5c(-n7c8ccccc8c8ccccc87)cccc56)cc34)=NC(c3ccccc3)N2)cc1. The lowest BCUT2D eigenvalue weighted by Crippen LogP contribution is -2.33. The summed E-state index contributed by atoms with van der Waals surface area (Å²) < 4.78 is 11.6. The van der Waals surface area contributed by atoms with Crippen LogP contribution in [0.2, 0.25) is 0 Å². The van der Waals surface area contributed by atoms with Gasteiger partial charge in [0.15, 0.2) is 5.84 Å². The number of fused-ring (bicyclic) bond motifs is 9. The number of thiophene rings is 1. The van der Waals surface area contributed by atoms with E-state index >= 15 is 0 Å². The fourth-order valence-corrected chi connectivity index (χ4v) is 9.84. The van der Waals surface area contributed by atoms with E-state index in [1.165, 1.54) is 53.2 Å². The molecule has 0 aliphatic carbocycles. The van der Waals surface area contributed by atoms with Crippen molar-refractivity contribution < 1.29 is 4.42 Å². The molecule has 0 fully saturated rings. The summed E-state index contributed by atoms with van der Waals surface area (Å²) in [5.74, 6) is 1.42. The summed E-state index contributed by atoms with van der Waals surface area (Å²) in [6.45, 7) is 0. The van der Waals surface area contributed by atoms with Gasteiger partial charge >= 0.3 is 0 Å². The summed E-state index contributed by atoms with van der Waals surface area (Å²) in [5, 5.41) is 10.8. The van der Waals surface area contributed by atoms with Gasteiger partial charge in [0, 0.05) is 42.6 Å². The van der Waals surface area contributed by atoms with Crippen molar-refractivity contribution >= 4 is 86.9 Å². The number of rotatable bonds is 5. The second kappa shape index (κ2) is 12.6. The molecule has 11 aromatic rings. The lowest BCUT2D eigenvalue weighted by Gasteiger charge is -2.23. The number of furan rings is 1. The Kier molecular flexibility index (Phi) is 7.09. The molecule has 0 saturated carbocycles. The average molecular weight is 749 g/mol. The summed E-state index contributed by atoms with van der Waals surface area (Å²) in [5.41, 5.74) is 10.5. The summed E-state index contributed by atoms with van der Waals surface area (Å²) in [6, 6.07) is 64.4. The van der Waals surface area contributed by atoms with Gasteiger partial charge in [0.1, 0.15) is 23.2 Å². The Labute approximate surface area is 331 Å². The monoisotopic (exact) mass is 748 g/mol. The van der Waals surface area contributed by atoms with Gasteiger partial charge in [0.25, 0.3) is 0 Å². The molecule has 1 aliphatic heterocycles. The number of amidine groups is 2. The Morgan fingerprint density at radius 3 is 2.00 bits per heavy atom. The van der Waals surface area contributed by atoms with Crippen molar-refractivity contribution in [3.8, 4) is 16.8 Å². The Morgan fingerprint density at radius 2 is 1.19 bits per heavy atom. The number of para-hydroxylation sites is 3. The number of hydrogen-bond donors (Lipinski definition) is 1. The Bertz CT molecular complexity index is 3390. The molecule has 8 aromatic carbocycles. The fourth-order valence-electron chi connectivity index (χ4n) is 8.59. The minimum Gasteiger partial charge on any atom is -0.455 e. The van der Waals surface area contributed by atoms with Crippen molar-refractivity contribution in [3.05, 3.63) is 199 Å². The molecule has 0 amide bonds. The lowest BCUT2D eigenvalue weighted by atomic mass is 10.0. The number of benzene rings is 8. The highest BCUT2D eigenvalue weighted by atomic mass is 32.1. The quantitative estimate of drug-likeness (QED) is 0.191. The van der Waals surface area contributed by atoms with Crippen LogP contribution in [-0.2, 0) is 0 Å². The Morgan fingerprint density at radius 1 is 0.526 bits per heavy atom. The first-order valence-electron chi connectivity index (χ1n) is 19.2. The molecule has 6 heteroatoms. The van der Waals surface area contributed by atoms with Crippen LogP contribution in [0.4, 0.5) is 0 Å². The first kappa shape index (κ1) is 32.0. The first-order valence-corrected chi connectivity index (χ1v) is 20.0. The number of aromatic nitrogens is 1. The van der Waals surface area contributed by atoms with Crippen LogP contribution in [0.25, 0.3) is 80.7 Å². The van der Waals surface area contributed by atoms with Gasteiger partial charge in [-0.05, 0) is 59.2 Å². The van der Waals surface area contributed by atoms with E-state index in [9.17, 15) is 0 Å². The number of nitrogens with one attached hydrogen (secondary N) is 1.